The topological polar surface area (TPSA) is 32.3 Å². The summed E-state index contributed by atoms with van der Waals surface area (Å²) in [4.78, 5) is 0. The minimum absolute atomic E-state index is 0.101. The SMILES string of the molecule is CNC(CCCO)c1cc(Cl)ccc1F. The summed E-state index contributed by atoms with van der Waals surface area (Å²) in [5, 5.41) is 12.3. The van der Waals surface area contributed by atoms with Crippen LogP contribution >= 0.6 is 11.6 Å². The van der Waals surface area contributed by atoms with Crippen LogP contribution in [0.3, 0.4) is 0 Å². The molecule has 0 aromatic heterocycles. The summed E-state index contributed by atoms with van der Waals surface area (Å²) in [6.45, 7) is 0.111. The molecule has 4 heteroatoms. The van der Waals surface area contributed by atoms with Gasteiger partial charge in [0.1, 0.15) is 5.82 Å². The molecular formula is C11H15ClFNO. The first-order chi connectivity index (χ1) is 7.19. The lowest BCUT2D eigenvalue weighted by molar-refractivity contribution is 0.276. The Kier molecular flexibility index (Phi) is 5.02. The molecule has 2 nitrogen and oxygen atoms in total. The first kappa shape index (κ1) is 12.4. The van der Waals surface area contributed by atoms with E-state index in [0.717, 1.165) is 0 Å². The van der Waals surface area contributed by atoms with Gasteiger partial charge in [0.05, 0.1) is 0 Å². The average molecular weight is 232 g/mol. The molecule has 0 radical (unpaired) electrons. The fourth-order valence-electron chi connectivity index (χ4n) is 1.53. The van der Waals surface area contributed by atoms with E-state index in [0.29, 0.717) is 23.4 Å². The Labute approximate surface area is 94.1 Å². The van der Waals surface area contributed by atoms with Gasteiger partial charge in [-0.15, -0.1) is 0 Å². The van der Waals surface area contributed by atoms with Crippen LogP contribution in [0.2, 0.25) is 5.02 Å². The molecule has 0 heterocycles. The van der Waals surface area contributed by atoms with Gasteiger partial charge in [0, 0.05) is 23.2 Å². The summed E-state index contributed by atoms with van der Waals surface area (Å²) in [7, 11) is 1.77. The first-order valence-corrected chi connectivity index (χ1v) is 5.30. The summed E-state index contributed by atoms with van der Waals surface area (Å²) in [5.74, 6) is -0.267. The van der Waals surface area contributed by atoms with Crippen LogP contribution in [0.1, 0.15) is 24.4 Å². The molecule has 15 heavy (non-hydrogen) atoms. The van der Waals surface area contributed by atoms with E-state index in [9.17, 15) is 4.39 Å². The number of halogens is 2. The molecule has 1 atom stereocenters. The highest BCUT2D eigenvalue weighted by molar-refractivity contribution is 6.30. The Morgan fingerprint density at radius 2 is 2.27 bits per heavy atom. The Bertz CT molecular complexity index is 319. The number of rotatable bonds is 5. The zero-order valence-electron chi connectivity index (χ0n) is 8.63. The van der Waals surface area contributed by atoms with Gasteiger partial charge in [0.25, 0.3) is 0 Å². The second kappa shape index (κ2) is 6.05. The molecule has 0 fully saturated rings. The molecule has 0 saturated heterocycles. The first-order valence-electron chi connectivity index (χ1n) is 4.92. The van der Waals surface area contributed by atoms with Crippen LogP contribution < -0.4 is 5.32 Å². The second-order valence-electron chi connectivity index (χ2n) is 3.37. The van der Waals surface area contributed by atoms with Crippen molar-refractivity contribution in [1.29, 1.82) is 0 Å². The Hall–Kier alpha value is -0.640. The second-order valence-corrected chi connectivity index (χ2v) is 3.81. The number of hydrogen-bond donors (Lipinski definition) is 2. The zero-order valence-corrected chi connectivity index (χ0v) is 9.39. The Morgan fingerprint density at radius 3 is 2.87 bits per heavy atom. The van der Waals surface area contributed by atoms with Crippen molar-refractivity contribution in [3.63, 3.8) is 0 Å². The average Bonchev–Trinajstić information content (AvgIpc) is 2.24. The van der Waals surface area contributed by atoms with Crippen molar-refractivity contribution in [3.8, 4) is 0 Å². The maximum Gasteiger partial charge on any atom is 0.128 e. The molecule has 0 saturated carbocycles. The van der Waals surface area contributed by atoms with Crippen molar-refractivity contribution in [2.75, 3.05) is 13.7 Å². The van der Waals surface area contributed by atoms with Crippen molar-refractivity contribution < 1.29 is 9.50 Å². The molecule has 0 aliphatic heterocycles. The van der Waals surface area contributed by atoms with Crippen molar-refractivity contribution >= 4 is 11.6 Å². The molecule has 1 aromatic rings. The molecule has 2 N–H and O–H groups in total. The molecule has 0 amide bonds. The fraction of sp³-hybridized carbons (Fsp3) is 0.455. The fourth-order valence-corrected chi connectivity index (χ4v) is 1.71. The third-order valence-corrected chi connectivity index (χ3v) is 2.57. The quantitative estimate of drug-likeness (QED) is 0.816. The number of nitrogens with one attached hydrogen (secondary N) is 1. The summed E-state index contributed by atoms with van der Waals surface area (Å²) in [5.41, 5.74) is 0.554. The van der Waals surface area contributed by atoms with Crippen LogP contribution in [0, 0.1) is 5.82 Å². The van der Waals surface area contributed by atoms with E-state index in [2.05, 4.69) is 5.32 Å². The van der Waals surface area contributed by atoms with E-state index >= 15 is 0 Å². The van der Waals surface area contributed by atoms with Gasteiger partial charge in [0.15, 0.2) is 0 Å². The van der Waals surface area contributed by atoms with Crippen LogP contribution in [-0.4, -0.2) is 18.8 Å². The van der Waals surface area contributed by atoms with Gasteiger partial charge in [-0.3, -0.25) is 0 Å². The van der Waals surface area contributed by atoms with Gasteiger partial charge < -0.3 is 10.4 Å². The summed E-state index contributed by atoms with van der Waals surface area (Å²) in [6.07, 6.45) is 1.32. The Balaban J connectivity index is 2.85. The lowest BCUT2D eigenvalue weighted by Crippen LogP contribution is -2.18. The summed E-state index contributed by atoms with van der Waals surface area (Å²) >= 11 is 5.81. The number of aliphatic hydroxyl groups excluding tert-OH is 1. The molecule has 0 spiro atoms. The molecule has 0 aliphatic carbocycles. The van der Waals surface area contributed by atoms with Crippen LogP contribution in [0.4, 0.5) is 4.39 Å². The zero-order chi connectivity index (χ0) is 11.3. The van der Waals surface area contributed by atoms with Crippen molar-refractivity contribution in [1.82, 2.24) is 5.32 Å². The Morgan fingerprint density at radius 1 is 1.53 bits per heavy atom. The molecule has 1 unspecified atom stereocenters. The minimum atomic E-state index is -0.267. The molecule has 0 aliphatic rings. The largest absolute Gasteiger partial charge is 0.396 e. The van der Waals surface area contributed by atoms with Gasteiger partial charge in [-0.05, 0) is 38.1 Å². The summed E-state index contributed by atoms with van der Waals surface area (Å²) in [6, 6.07) is 4.41. The maximum absolute atomic E-state index is 13.5. The van der Waals surface area contributed by atoms with Crippen molar-refractivity contribution in [3.05, 3.63) is 34.6 Å². The van der Waals surface area contributed by atoms with Gasteiger partial charge >= 0.3 is 0 Å². The number of hydrogen-bond acceptors (Lipinski definition) is 2. The van der Waals surface area contributed by atoms with Gasteiger partial charge in [-0.1, -0.05) is 11.6 Å². The standard InChI is InChI=1S/C11H15ClFNO/c1-14-11(3-2-6-15)9-7-8(12)4-5-10(9)13/h4-5,7,11,14-15H,2-3,6H2,1H3. The normalized spacial score (nSPS) is 12.8. The van der Waals surface area contributed by atoms with E-state index < -0.39 is 0 Å². The predicted molar refractivity (Wildman–Crippen MR) is 59.5 cm³/mol. The minimum Gasteiger partial charge on any atom is -0.396 e. The van der Waals surface area contributed by atoms with E-state index in [-0.39, 0.29) is 18.5 Å². The third kappa shape index (κ3) is 3.45. The van der Waals surface area contributed by atoms with E-state index in [4.69, 9.17) is 16.7 Å². The van der Waals surface area contributed by atoms with Gasteiger partial charge in [-0.2, -0.15) is 0 Å². The van der Waals surface area contributed by atoms with Gasteiger partial charge in [0.2, 0.25) is 0 Å². The highest BCUT2D eigenvalue weighted by Gasteiger charge is 2.13. The lowest BCUT2D eigenvalue weighted by atomic mass is 10.0. The monoisotopic (exact) mass is 231 g/mol. The van der Waals surface area contributed by atoms with E-state index in [1.165, 1.54) is 12.1 Å². The van der Waals surface area contributed by atoms with Crippen molar-refractivity contribution in [2.24, 2.45) is 0 Å². The van der Waals surface area contributed by atoms with Crippen LogP contribution in [-0.2, 0) is 0 Å². The van der Waals surface area contributed by atoms with E-state index in [1.807, 2.05) is 0 Å². The van der Waals surface area contributed by atoms with Crippen LogP contribution in [0.25, 0.3) is 0 Å². The smallest absolute Gasteiger partial charge is 0.128 e. The molecule has 84 valence electrons. The predicted octanol–water partition coefficient (Wildman–Crippen LogP) is 2.51. The lowest BCUT2D eigenvalue weighted by Gasteiger charge is -2.17. The highest BCUT2D eigenvalue weighted by Crippen LogP contribution is 2.24. The maximum atomic E-state index is 13.5. The van der Waals surface area contributed by atoms with Crippen LogP contribution in [0.15, 0.2) is 18.2 Å². The van der Waals surface area contributed by atoms with E-state index in [1.54, 1.807) is 13.1 Å². The van der Waals surface area contributed by atoms with Gasteiger partial charge in [-0.25, -0.2) is 4.39 Å². The summed E-state index contributed by atoms with van der Waals surface area (Å²) < 4.78 is 13.5. The number of aliphatic hydroxyl groups is 1. The van der Waals surface area contributed by atoms with Crippen LogP contribution in [0.5, 0.6) is 0 Å². The molecule has 1 rings (SSSR count). The number of benzene rings is 1. The molecular weight excluding hydrogens is 217 g/mol. The molecule has 1 aromatic carbocycles. The third-order valence-electron chi connectivity index (χ3n) is 2.33. The highest BCUT2D eigenvalue weighted by atomic mass is 35.5. The molecule has 0 bridgehead atoms. The van der Waals surface area contributed by atoms with Crippen molar-refractivity contribution in [2.45, 2.75) is 18.9 Å².